The Hall–Kier alpha value is -0.500. The smallest absolute Gasteiger partial charge is 0.0802 e. The quantitative estimate of drug-likeness (QED) is 0.646. The van der Waals surface area contributed by atoms with E-state index < -0.39 is 0 Å². The molecule has 78 valence electrons. The van der Waals surface area contributed by atoms with Crippen molar-refractivity contribution in [1.82, 2.24) is 5.32 Å². The summed E-state index contributed by atoms with van der Waals surface area (Å²) in [4.78, 5) is 0. The highest BCUT2D eigenvalue weighted by molar-refractivity contribution is 4.86. The first kappa shape index (κ1) is 12.5. The second-order valence-electron chi connectivity index (χ2n) is 5.29. The average Bonchev–Trinajstić information content (AvgIpc) is 1.97. The number of hydrogen-bond donors (Lipinski definition) is 1. The standard InChI is InChI=1S/C11H25N2/c1-7-9-12-11(2,3)8-10-13(4,5)6/h7,9,12H,8,10H2,1-6H3/q+1. The first-order valence-electron chi connectivity index (χ1n) is 4.96. The van der Waals surface area contributed by atoms with Crippen molar-refractivity contribution in [3.8, 4) is 0 Å². The molecule has 0 aliphatic rings. The zero-order valence-corrected chi connectivity index (χ0v) is 10.0. The van der Waals surface area contributed by atoms with E-state index in [0.717, 1.165) is 4.48 Å². The van der Waals surface area contributed by atoms with E-state index in [9.17, 15) is 0 Å². The fourth-order valence-electron chi connectivity index (χ4n) is 0.996. The molecule has 0 saturated heterocycles. The third-order valence-electron chi connectivity index (χ3n) is 2.05. The Morgan fingerprint density at radius 2 is 1.77 bits per heavy atom. The summed E-state index contributed by atoms with van der Waals surface area (Å²) in [6.45, 7) is 7.70. The molecule has 0 unspecified atom stereocenters. The van der Waals surface area contributed by atoms with Crippen LogP contribution in [-0.2, 0) is 0 Å². The van der Waals surface area contributed by atoms with Crippen LogP contribution in [-0.4, -0.2) is 37.7 Å². The number of hydrogen-bond acceptors (Lipinski definition) is 1. The maximum atomic E-state index is 3.39. The first-order valence-corrected chi connectivity index (χ1v) is 4.96. The monoisotopic (exact) mass is 185 g/mol. The highest BCUT2D eigenvalue weighted by Gasteiger charge is 2.19. The molecule has 0 spiro atoms. The lowest BCUT2D eigenvalue weighted by Gasteiger charge is -2.31. The maximum absolute atomic E-state index is 3.39. The van der Waals surface area contributed by atoms with E-state index in [1.807, 2.05) is 19.2 Å². The summed E-state index contributed by atoms with van der Waals surface area (Å²) in [6.07, 6.45) is 5.24. The van der Waals surface area contributed by atoms with E-state index in [2.05, 4.69) is 40.3 Å². The Morgan fingerprint density at radius 1 is 1.23 bits per heavy atom. The summed E-state index contributed by atoms with van der Waals surface area (Å²) in [5.74, 6) is 0. The van der Waals surface area contributed by atoms with Gasteiger partial charge in [-0.25, -0.2) is 0 Å². The Kier molecular flexibility index (Phi) is 4.48. The largest absolute Gasteiger partial charge is 0.386 e. The van der Waals surface area contributed by atoms with Gasteiger partial charge >= 0.3 is 0 Å². The highest BCUT2D eigenvalue weighted by atomic mass is 15.3. The Balaban J connectivity index is 3.88. The lowest BCUT2D eigenvalue weighted by molar-refractivity contribution is -0.870. The number of allylic oxidation sites excluding steroid dienone is 1. The number of quaternary nitrogens is 1. The van der Waals surface area contributed by atoms with Crippen molar-refractivity contribution in [2.24, 2.45) is 0 Å². The lowest BCUT2D eigenvalue weighted by Crippen LogP contribution is -2.43. The van der Waals surface area contributed by atoms with Crippen molar-refractivity contribution in [3.63, 3.8) is 0 Å². The number of nitrogens with zero attached hydrogens (tertiary/aromatic N) is 1. The van der Waals surface area contributed by atoms with Crippen LogP contribution in [0.5, 0.6) is 0 Å². The molecular formula is C11H25N2+. The van der Waals surface area contributed by atoms with Gasteiger partial charge in [0.05, 0.1) is 27.7 Å². The molecule has 1 N–H and O–H groups in total. The van der Waals surface area contributed by atoms with Crippen LogP contribution in [0.25, 0.3) is 0 Å². The van der Waals surface area contributed by atoms with Crippen LogP contribution in [0.3, 0.4) is 0 Å². The van der Waals surface area contributed by atoms with Gasteiger partial charge in [0.2, 0.25) is 0 Å². The van der Waals surface area contributed by atoms with Gasteiger partial charge < -0.3 is 9.80 Å². The summed E-state index contributed by atoms with van der Waals surface area (Å²) < 4.78 is 1.03. The molecular weight excluding hydrogens is 160 g/mol. The van der Waals surface area contributed by atoms with Gasteiger partial charge in [0, 0.05) is 12.0 Å². The third-order valence-corrected chi connectivity index (χ3v) is 2.05. The predicted molar refractivity (Wildman–Crippen MR) is 59.5 cm³/mol. The normalized spacial score (nSPS) is 13.7. The summed E-state index contributed by atoms with van der Waals surface area (Å²) >= 11 is 0. The van der Waals surface area contributed by atoms with Gasteiger partial charge in [-0.05, 0) is 27.0 Å². The second kappa shape index (κ2) is 4.66. The van der Waals surface area contributed by atoms with Crippen LogP contribution in [0.2, 0.25) is 0 Å². The van der Waals surface area contributed by atoms with Gasteiger partial charge in [-0.2, -0.15) is 0 Å². The van der Waals surface area contributed by atoms with E-state index in [4.69, 9.17) is 0 Å². The van der Waals surface area contributed by atoms with E-state index in [1.165, 1.54) is 13.0 Å². The van der Waals surface area contributed by atoms with Crippen LogP contribution >= 0.6 is 0 Å². The van der Waals surface area contributed by atoms with Gasteiger partial charge in [0.1, 0.15) is 0 Å². The number of rotatable bonds is 5. The molecule has 0 aromatic rings. The minimum absolute atomic E-state index is 0.206. The van der Waals surface area contributed by atoms with Crippen molar-refractivity contribution >= 4 is 0 Å². The molecule has 0 aliphatic heterocycles. The topological polar surface area (TPSA) is 12.0 Å². The van der Waals surface area contributed by atoms with Crippen molar-refractivity contribution in [3.05, 3.63) is 12.3 Å². The second-order valence-corrected chi connectivity index (χ2v) is 5.29. The molecule has 0 rings (SSSR count). The summed E-state index contributed by atoms with van der Waals surface area (Å²) in [7, 11) is 6.68. The zero-order chi connectivity index (χ0) is 10.5. The molecule has 0 heterocycles. The molecule has 0 aromatic carbocycles. The molecule has 0 amide bonds. The fourth-order valence-corrected chi connectivity index (χ4v) is 0.996. The van der Waals surface area contributed by atoms with Crippen molar-refractivity contribution in [2.75, 3.05) is 27.7 Å². The molecule has 0 aliphatic carbocycles. The van der Waals surface area contributed by atoms with Gasteiger partial charge in [0.15, 0.2) is 0 Å². The van der Waals surface area contributed by atoms with Crippen LogP contribution in [0, 0.1) is 0 Å². The third kappa shape index (κ3) is 7.85. The number of nitrogens with one attached hydrogen (secondary N) is 1. The molecule has 0 aromatic heterocycles. The Labute approximate surface area is 83.2 Å². The van der Waals surface area contributed by atoms with Crippen LogP contribution in [0.4, 0.5) is 0 Å². The van der Waals surface area contributed by atoms with Crippen molar-refractivity contribution in [2.45, 2.75) is 32.7 Å². The van der Waals surface area contributed by atoms with E-state index in [0.29, 0.717) is 0 Å². The SMILES string of the molecule is CC=CNC(C)(C)CC[N+](C)(C)C. The summed E-state index contributed by atoms with van der Waals surface area (Å²) in [5.41, 5.74) is 0.206. The van der Waals surface area contributed by atoms with Crippen LogP contribution < -0.4 is 5.32 Å². The first-order chi connectivity index (χ1) is 5.77. The Bertz CT molecular complexity index is 163. The van der Waals surface area contributed by atoms with Crippen molar-refractivity contribution < 1.29 is 4.48 Å². The van der Waals surface area contributed by atoms with E-state index in [1.54, 1.807) is 0 Å². The Morgan fingerprint density at radius 3 is 2.15 bits per heavy atom. The zero-order valence-electron chi connectivity index (χ0n) is 10.0. The molecule has 0 fully saturated rings. The lowest BCUT2D eigenvalue weighted by atomic mass is 10.0. The average molecular weight is 185 g/mol. The maximum Gasteiger partial charge on any atom is 0.0802 e. The molecule has 0 atom stereocenters. The van der Waals surface area contributed by atoms with Crippen molar-refractivity contribution in [1.29, 1.82) is 0 Å². The van der Waals surface area contributed by atoms with Gasteiger partial charge in [0.25, 0.3) is 0 Å². The van der Waals surface area contributed by atoms with Gasteiger partial charge in [-0.1, -0.05) is 6.08 Å². The molecule has 2 nitrogen and oxygen atoms in total. The van der Waals surface area contributed by atoms with E-state index in [-0.39, 0.29) is 5.54 Å². The van der Waals surface area contributed by atoms with Gasteiger partial charge in [-0.15, -0.1) is 0 Å². The summed E-state index contributed by atoms with van der Waals surface area (Å²) in [6, 6.07) is 0. The van der Waals surface area contributed by atoms with Gasteiger partial charge in [-0.3, -0.25) is 0 Å². The predicted octanol–water partition coefficient (Wildman–Crippen LogP) is 1.98. The molecule has 0 saturated carbocycles. The summed E-state index contributed by atoms with van der Waals surface area (Å²) in [5, 5.41) is 3.39. The van der Waals surface area contributed by atoms with Crippen LogP contribution in [0.1, 0.15) is 27.2 Å². The molecule has 13 heavy (non-hydrogen) atoms. The van der Waals surface area contributed by atoms with E-state index >= 15 is 0 Å². The minimum Gasteiger partial charge on any atom is -0.386 e. The van der Waals surface area contributed by atoms with Crippen LogP contribution in [0.15, 0.2) is 12.3 Å². The highest BCUT2D eigenvalue weighted by Crippen LogP contribution is 2.10. The fraction of sp³-hybridized carbons (Fsp3) is 0.818. The minimum atomic E-state index is 0.206. The molecule has 0 bridgehead atoms. The molecule has 0 radical (unpaired) electrons. The molecule has 2 heteroatoms.